The fraction of sp³-hybridized carbons (Fsp3) is 0.250. The number of anilines is 1. The number of amides is 2. The van der Waals surface area contributed by atoms with Crippen molar-refractivity contribution in [1.82, 2.24) is 4.90 Å². The average Bonchev–Trinajstić information content (AvgIpc) is 2.68. The number of aromatic carboxylic acids is 1. The van der Waals surface area contributed by atoms with Crippen molar-refractivity contribution in [1.29, 1.82) is 0 Å². The van der Waals surface area contributed by atoms with Gasteiger partial charge in [-0.1, -0.05) is 12.1 Å². The largest absolute Gasteiger partial charge is 0.478 e. The van der Waals surface area contributed by atoms with Crippen LogP contribution >= 0.6 is 0 Å². The molecule has 0 saturated carbocycles. The number of benzene rings is 2. The highest BCUT2D eigenvalue weighted by Gasteiger charge is 2.24. The number of nitrogens with one attached hydrogen (secondary N) is 1. The first-order valence-corrected chi connectivity index (χ1v) is 8.60. The van der Waals surface area contributed by atoms with Crippen LogP contribution < -0.4 is 5.32 Å². The Morgan fingerprint density at radius 1 is 1.07 bits per heavy atom. The van der Waals surface area contributed by atoms with Gasteiger partial charge in [0.1, 0.15) is 0 Å². The Hall–Kier alpha value is -3.19. The summed E-state index contributed by atoms with van der Waals surface area (Å²) in [5.41, 5.74) is 1.01. The SMILES string of the molecule is CC1COCCN1C(=O)c1ccc(NC(=O)c2ccccc2C(=O)O)cc1. The molecule has 0 aliphatic carbocycles. The number of nitrogens with zero attached hydrogens (tertiary/aromatic N) is 1. The molecule has 3 rings (SSSR count). The van der Waals surface area contributed by atoms with E-state index in [9.17, 15) is 19.5 Å². The molecule has 7 heteroatoms. The Morgan fingerprint density at radius 2 is 1.74 bits per heavy atom. The van der Waals surface area contributed by atoms with E-state index in [0.29, 0.717) is 31.0 Å². The molecule has 7 nitrogen and oxygen atoms in total. The normalized spacial score (nSPS) is 16.6. The minimum Gasteiger partial charge on any atom is -0.478 e. The summed E-state index contributed by atoms with van der Waals surface area (Å²) in [6.07, 6.45) is 0. The van der Waals surface area contributed by atoms with Crippen LogP contribution in [0.5, 0.6) is 0 Å². The first-order chi connectivity index (χ1) is 13.0. The van der Waals surface area contributed by atoms with Gasteiger partial charge in [0.25, 0.3) is 11.8 Å². The zero-order valence-electron chi connectivity index (χ0n) is 14.8. The maximum atomic E-state index is 12.6. The van der Waals surface area contributed by atoms with Crippen LogP contribution in [0.4, 0.5) is 5.69 Å². The van der Waals surface area contributed by atoms with Gasteiger partial charge in [0.2, 0.25) is 0 Å². The lowest BCUT2D eigenvalue weighted by Crippen LogP contribution is -2.47. The predicted molar refractivity (Wildman–Crippen MR) is 99.1 cm³/mol. The smallest absolute Gasteiger partial charge is 0.336 e. The molecule has 2 N–H and O–H groups in total. The van der Waals surface area contributed by atoms with E-state index in [1.54, 1.807) is 41.3 Å². The summed E-state index contributed by atoms with van der Waals surface area (Å²) < 4.78 is 5.35. The van der Waals surface area contributed by atoms with Crippen LogP contribution in [0.3, 0.4) is 0 Å². The van der Waals surface area contributed by atoms with Gasteiger partial charge in [0.05, 0.1) is 30.4 Å². The summed E-state index contributed by atoms with van der Waals surface area (Å²) in [5, 5.41) is 11.9. The quantitative estimate of drug-likeness (QED) is 0.864. The monoisotopic (exact) mass is 368 g/mol. The first-order valence-electron chi connectivity index (χ1n) is 8.60. The van der Waals surface area contributed by atoms with Crippen LogP contribution in [0.2, 0.25) is 0 Å². The van der Waals surface area contributed by atoms with Crippen LogP contribution in [0.1, 0.15) is 38.0 Å². The van der Waals surface area contributed by atoms with Crippen molar-refractivity contribution in [2.75, 3.05) is 25.1 Å². The molecule has 2 aromatic carbocycles. The van der Waals surface area contributed by atoms with E-state index in [2.05, 4.69) is 5.32 Å². The third kappa shape index (κ3) is 4.15. The molecule has 1 atom stereocenters. The van der Waals surface area contributed by atoms with Crippen molar-refractivity contribution in [3.05, 3.63) is 65.2 Å². The molecule has 0 radical (unpaired) electrons. The maximum absolute atomic E-state index is 12.6. The number of rotatable bonds is 4. The van der Waals surface area contributed by atoms with Crippen LogP contribution in [0, 0.1) is 0 Å². The van der Waals surface area contributed by atoms with Gasteiger partial charge in [-0.15, -0.1) is 0 Å². The maximum Gasteiger partial charge on any atom is 0.336 e. The molecule has 0 aromatic heterocycles. The van der Waals surface area contributed by atoms with Crippen molar-refractivity contribution >= 4 is 23.5 Å². The minimum absolute atomic E-state index is 0.0122. The van der Waals surface area contributed by atoms with Gasteiger partial charge in [-0.25, -0.2) is 4.79 Å². The van der Waals surface area contributed by atoms with E-state index in [0.717, 1.165) is 0 Å². The first kappa shape index (κ1) is 18.6. The molecular weight excluding hydrogens is 348 g/mol. The second-order valence-corrected chi connectivity index (χ2v) is 6.30. The van der Waals surface area contributed by atoms with Crippen LogP contribution in [0.25, 0.3) is 0 Å². The molecule has 140 valence electrons. The summed E-state index contributed by atoms with van der Waals surface area (Å²) in [5.74, 6) is -1.77. The fourth-order valence-electron chi connectivity index (χ4n) is 2.96. The lowest BCUT2D eigenvalue weighted by Gasteiger charge is -2.33. The molecule has 1 unspecified atom stereocenters. The van der Waals surface area contributed by atoms with Crippen LogP contribution in [-0.2, 0) is 4.74 Å². The van der Waals surface area contributed by atoms with Crippen molar-refractivity contribution < 1.29 is 24.2 Å². The van der Waals surface area contributed by atoms with E-state index < -0.39 is 11.9 Å². The summed E-state index contributed by atoms with van der Waals surface area (Å²) in [6.45, 7) is 3.52. The standard InChI is InChI=1S/C20H20N2O5/c1-13-12-27-11-10-22(13)19(24)14-6-8-15(9-7-14)21-18(23)16-4-2-3-5-17(16)20(25)26/h2-9,13H,10-12H2,1H3,(H,21,23)(H,25,26). The van der Waals surface area contributed by atoms with Gasteiger partial charge in [-0.3, -0.25) is 9.59 Å². The Balaban J connectivity index is 1.72. The molecule has 27 heavy (non-hydrogen) atoms. The number of morpholine rings is 1. The molecule has 2 amide bonds. The molecule has 1 heterocycles. The van der Waals surface area contributed by atoms with Gasteiger partial charge in [-0.2, -0.15) is 0 Å². The van der Waals surface area contributed by atoms with Gasteiger partial charge < -0.3 is 20.1 Å². The van der Waals surface area contributed by atoms with E-state index >= 15 is 0 Å². The van der Waals surface area contributed by atoms with Gasteiger partial charge in [-0.05, 0) is 43.3 Å². The van der Waals surface area contributed by atoms with Crippen molar-refractivity contribution in [2.24, 2.45) is 0 Å². The summed E-state index contributed by atoms with van der Waals surface area (Å²) in [4.78, 5) is 38.0. The van der Waals surface area contributed by atoms with Crippen molar-refractivity contribution in [2.45, 2.75) is 13.0 Å². The topological polar surface area (TPSA) is 95.9 Å². The van der Waals surface area contributed by atoms with E-state index in [4.69, 9.17) is 4.74 Å². The van der Waals surface area contributed by atoms with Crippen LogP contribution in [0.15, 0.2) is 48.5 Å². The number of hydrogen-bond donors (Lipinski definition) is 2. The highest BCUT2D eigenvalue weighted by atomic mass is 16.5. The average molecular weight is 368 g/mol. The number of carboxylic acid groups (broad SMARTS) is 1. The highest BCUT2D eigenvalue weighted by Crippen LogP contribution is 2.17. The second kappa shape index (κ2) is 8.01. The number of carbonyl (C=O) groups excluding carboxylic acids is 2. The van der Waals surface area contributed by atoms with Gasteiger partial charge >= 0.3 is 5.97 Å². The van der Waals surface area contributed by atoms with Gasteiger partial charge in [0.15, 0.2) is 0 Å². The zero-order valence-corrected chi connectivity index (χ0v) is 14.8. The summed E-state index contributed by atoms with van der Waals surface area (Å²) in [7, 11) is 0. The number of carboxylic acids is 1. The van der Waals surface area contributed by atoms with E-state index in [1.807, 2.05) is 6.92 Å². The predicted octanol–water partition coefficient (Wildman–Crippen LogP) is 2.50. The number of ether oxygens (including phenoxy) is 1. The Kier molecular flexibility index (Phi) is 5.52. The van der Waals surface area contributed by atoms with E-state index in [-0.39, 0.29) is 23.1 Å². The summed E-state index contributed by atoms with van der Waals surface area (Å²) in [6, 6.07) is 12.5. The Labute approximate surface area is 156 Å². The van der Waals surface area contributed by atoms with Gasteiger partial charge in [0, 0.05) is 17.8 Å². The molecular formula is C20H20N2O5. The lowest BCUT2D eigenvalue weighted by molar-refractivity contribution is 0.00359. The zero-order chi connectivity index (χ0) is 19.4. The third-order valence-corrected chi connectivity index (χ3v) is 4.42. The minimum atomic E-state index is -1.17. The molecule has 1 fully saturated rings. The van der Waals surface area contributed by atoms with Crippen LogP contribution in [-0.4, -0.2) is 53.6 Å². The Bertz CT molecular complexity index is 863. The Morgan fingerprint density at radius 3 is 2.37 bits per heavy atom. The number of hydrogen-bond acceptors (Lipinski definition) is 4. The third-order valence-electron chi connectivity index (χ3n) is 4.42. The molecule has 1 saturated heterocycles. The lowest BCUT2D eigenvalue weighted by atomic mass is 10.1. The number of carbonyl (C=O) groups is 3. The van der Waals surface area contributed by atoms with Crippen molar-refractivity contribution in [3.63, 3.8) is 0 Å². The molecule has 0 spiro atoms. The highest BCUT2D eigenvalue weighted by molar-refractivity contribution is 6.10. The fourth-order valence-corrected chi connectivity index (χ4v) is 2.96. The molecule has 1 aliphatic rings. The molecule has 2 aromatic rings. The summed E-state index contributed by atoms with van der Waals surface area (Å²) >= 11 is 0. The van der Waals surface area contributed by atoms with Crippen molar-refractivity contribution in [3.8, 4) is 0 Å². The molecule has 0 bridgehead atoms. The van der Waals surface area contributed by atoms with E-state index in [1.165, 1.54) is 12.1 Å². The molecule has 1 aliphatic heterocycles. The second-order valence-electron chi connectivity index (χ2n) is 6.30.